The summed E-state index contributed by atoms with van der Waals surface area (Å²) in [6, 6.07) is 0. The smallest absolute Gasteiger partial charge is 0.233 e. The molecule has 0 aromatic rings. The van der Waals surface area contributed by atoms with Crippen molar-refractivity contribution in [3.63, 3.8) is 0 Å². The summed E-state index contributed by atoms with van der Waals surface area (Å²) < 4.78 is 0. The molecule has 1 unspecified atom stereocenters. The van der Waals surface area contributed by atoms with Gasteiger partial charge in [-0.05, 0) is 26.2 Å². The molecule has 0 aromatic carbocycles. The van der Waals surface area contributed by atoms with Crippen molar-refractivity contribution < 1.29 is 9.90 Å². The van der Waals surface area contributed by atoms with E-state index in [-0.39, 0.29) is 18.1 Å². The summed E-state index contributed by atoms with van der Waals surface area (Å²) in [7, 11) is 0. The van der Waals surface area contributed by atoms with Crippen molar-refractivity contribution in [2.45, 2.75) is 45.6 Å². The van der Waals surface area contributed by atoms with Crippen molar-refractivity contribution >= 4 is 5.91 Å². The first-order chi connectivity index (χ1) is 7.08. The number of carbonyl (C=O) groups excluding carboxylic acids is 1. The molecular weight excluding hydrogens is 192 g/mol. The van der Waals surface area contributed by atoms with E-state index in [1.165, 1.54) is 0 Å². The molecule has 0 heterocycles. The van der Waals surface area contributed by atoms with Gasteiger partial charge in [0.05, 0.1) is 6.54 Å². The predicted molar refractivity (Wildman–Crippen MR) is 61.7 cm³/mol. The summed E-state index contributed by atoms with van der Waals surface area (Å²) in [6.45, 7) is 7.29. The Bertz CT molecular complexity index is 185. The molecule has 0 aromatic heterocycles. The summed E-state index contributed by atoms with van der Waals surface area (Å²) >= 11 is 0. The Balaban J connectivity index is 3.84. The number of rotatable bonds is 8. The Labute approximate surface area is 92.4 Å². The van der Waals surface area contributed by atoms with Gasteiger partial charge in [-0.15, -0.1) is 0 Å². The Morgan fingerprint density at radius 3 is 2.53 bits per heavy atom. The zero-order valence-corrected chi connectivity index (χ0v) is 10.1. The standard InChI is InChI=1S/C11H24N2O2/c1-4-7-12-10(15)9-13-11(3,5-2)6-8-14/h13-14H,4-9H2,1-3H3,(H,12,15). The molecular formula is C11H24N2O2. The van der Waals surface area contributed by atoms with Crippen LogP contribution >= 0.6 is 0 Å². The van der Waals surface area contributed by atoms with Crippen LogP contribution in [0.4, 0.5) is 0 Å². The molecule has 4 nitrogen and oxygen atoms in total. The van der Waals surface area contributed by atoms with Gasteiger partial charge in [-0.2, -0.15) is 0 Å². The van der Waals surface area contributed by atoms with E-state index in [0.29, 0.717) is 13.0 Å². The second-order valence-corrected chi connectivity index (χ2v) is 4.09. The number of amides is 1. The van der Waals surface area contributed by atoms with E-state index in [9.17, 15) is 4.79 Å². The second-order valence-electron chi connectivity index (χ2n) is 4.09. The summed E-state index contributed by atoms with van der Waals surface area (Å²) in [5.41, 5.74) is -0.141. The van der Waals surface area contributed by atoms with Crippen molar-refractivity contribution in [3.05, 3.63) is 0 Å². The Hall–Kier alpha value is -0.610. The molecule has 0 spiro atoms. The lowest BCUT2D eigenvalue weighted by Gasteiger charge is -2.28. The molecule has 3 N–H and O–H groups in total. The number of aliphatic hydroxyl groups is 1. The average molecular weight is 216 g/mol. The molecule has 0 aliphatic carbocycles. The molecule has 1 amide bonds. The van der Waals surface area contributed by atoms with E-state index in [1.807, 2.05) is 20.8 Å². The third kappa shape index (κ3) is 6.47. The highest BCUT2D eigenvalue weighted by Crippen LogP contribution is 2.12. The topological polar surface area (TPSA) is 61.4 Å². The van der Waals surface area contributed by atoms with E-state index in [2.05, 4.69) is 10.6 Å². The summed E-state index contributed by atoms with van der Waals surface area (Å²) in [5.74, 6) is 0.0227. The normalized spacial score (nSPS) is 14.7. The molecule has 15 heavy (non-hydrogen) atoms. The quantitative estimate of drug-likeness (QED) is 0.558. The zero-order chi connectivity index (χ0) is 11.7. The van der Waals surface area contributed by atoms with Gasteiger partial charge in [0.15, 0.2) is 0 Å². The second kappa shape index (κ2) is 7.65. The lowest BCUT2D eigenvalue weighted by atomic mass is 9.95. The van der Waals surface area contributed by atoms with Gasteiger partial charge in [-0.25, -0.2) is 0 Å². The van der Waals surface area contributed by atoms with Gasteiger partial charge in [0.1, 0.15) is 0 Å². The van der Waals surface area contributed by atoms with Crippen molar-refractivity contribution in [1.82, 2.24) is 10.6 Å². The highest BCUT2D eigenvalue weighted by molar-refractivity contribution is 5.78. The minimum absolute atomic E-state index is 0.0227. The third-order valence-corrected chi connectivity index (χ3v) is 2.69. The lowest BCUT2D eigenvalue weighted by molar-refractivity contribution is -0.120. The molecule has 90 valence electrons. The fourth-order valence-electron chi connectivity index (χ4n) is 1.26. The average Bonchev–Trinajstić information content (AvgIpc) is 2.24. The Kier molecular flexibility index (Phi) is 7.34. The van der Waals surface area contributed by atoms with Crippen LogP contribution in [0.2, 0.25) is 0 Å². The van der Waals surface area contributed by atoms with Gasteiger partial charge in [0.2, 0.25) is 5.91 Å². The van der Waals surface area contributed by atoms with Gasteiger partial charge < -0.3 is 15.7 Å². The number of hydrogen-bond donors (Lipinski definition) is 3. The largest absolute Gasteiger partial charge is 0.396 e. The summed E-state index contributed by atoms with van der Waals surface area (Å²) in [5, 5.41) is 14.9. The number of nitrogens with one attached hydrogen (secondary N) is 2. The maximum Gasteiger partial charge on any atom is 0.233 e. The van der Waals surface area contributed by atoms with Crippen molar-refractivity contribution in [1.29, 1.82) is 0 Å². The molecule has 0 fully saturated rings. The van der Waals surface area contributed by atoms with Crippen LogP contribution in [0, 0.1) is 0 Å². The molecule has 1 atom stereocenters. The van der Waals surface area contributed by atoms with Crippen LogP contribution in [0.25, 0.3) is 0 Å². The van der Waals surface area contributed by atoms with Crippen molar-refractivity contribution in [2.75, 3.05) is 19.7 Å². The van der Waals surface area contributed by atoms with Crippen LogP contribution in [-0.2, 0) is 4.79 Å². The van der Waals surface area contributed by atoms with Crippen LogP contribution in [0.3, 0.4) is 0 Å². The minimum Gasteiger partial charge on any atom is -0.396 e. The fraction of sp³-hybridized carbons (Fsp3) is 0.909. The number of carbonyl (C=O) groups is 1. The van der Waals surface area contributed by atoms with Gasteiger partial charge in [0, 0.05) is 18.7 Å². The van der Waals surface area contributed by atoms with E-state index >= 15 is 0 Å². The first kappa shape index (κ1) is 14.4. The molecule has 0 aliphatic rings. The van der Waals surface area contributed by atoms with Crippen LogP contribution < -0.4 is 10.6 Å². The highest BCUT2D eigenvalue weighted by atomic mass is 16.3. The summed E-state index contributed by atoms with van der Waals surface area (Å²) in [4.78, 5) is 11.3. The fourth-order valence-corrected chi connectivity index (χ4v) is 1.26. The van der Waals surface area contributed by atoms with Gasteiger partial charge in [0.25, 0.3) is 0 Å². The molecule has 0 saturated carbocycles. The Morgan fingerprint density at radius 1 is 1.40 bits per heavy atom. The van der Waals surface area contributed by atoms with E-state index in [0.717, 1.165) is 19.4 Å². The lowest BCUT2D eigenvalue weighted by Crippen LogP contribution is -2.47. The van der Waals surface area contributed by atoms with E-state index in [4.69, 9.17) is 5.11 Å². The Morgan fingerprint density at radius 2 is 2.07 bits per heavy atom. The number of hydrogen-bond acceptors (Lipinski definition) is 3. The first-order valence-corrected chi connectivity index (χ1v) is 5.70. The van der Waals surface area contributed by atoms with Crippen LogP contribution in [0.15, 0.2) is 0 Å². The SMILES string of the molecule is CCCNC(=O)CNC(C)(CC)CCO. The molecule has 0 radical (unpaired) electrons. The van der Waals surface area contributed by atoms with Crippen LogP contribution in [0.5, 0.6) is 0 Å². The van der Waals surface area contributed by atoms with Gasteiger partial charge in [-0.1, -0.05) is 13.8 Å². The maximum absolute atomic E-state index is 11.3. The van der Waals surface area contributed by atoms with Crippen molar-refractivity contribution in [3.8, 4) is 0 Å². The monoisotopic (exact) mass is 216 g/mol. The number of aliphatic hydroxyl groups excluding tert-OH is 1. The van der Waals surface area contributed by atoms with Crippen LogP contribution in [0.1, 0.15) is 40.0 Å². The molecule has 0 aliphatic heterocycles. The molecule has 0 saturated heterocycles. The zero-order valence-electron chi connectivity index (χ0n) is 10.1. The van der Waals surface area contributed by atoms with Gasteiger partial charge >= 0.3 is 0 Å². The van der Waals surface area contributed by atoms with E-state index < -0.39 is 0 Å². The third-order valence-electron chi connectivity index (χ3n) is 2.69. The van der Waals surface area contributed by atoms with Crippen LogP contribution in [-0.4, -0.2) is 36.2 Å². The first-order valence-electron chi connectivity index (χ1n) is 5.70. The minimum atomic E-state index is -0.141. The predicted octanol–water partition coefficient (Wildman–Crippen LogP) is 0.653. The molecule has 0 bridgehead atoms. The van der Waals surface area contributed by atoms with Gasteiger partial charge in [-0.3, -0.25) is 4.79 Å². The van der Waals surface area contributed by atoms with E-state index in [1.54, 1.807) is 0 Å². The highest BCUT2D eigenvalue weighted by Gasteiger charge is 2.21. The summed E-state index contributed by atoms with van der Waals surface area (Å²) in [6.07, 6.45) is 2.52. The van der Waals surface area contributed by atoms with Crippen molar-refractivity contribution in [2.24, 2.45) is 0 Å². The molecule has 0 rings (SSSR count). The maximum atomic E-state index is 11.3. The molecule has 4 heteroatoms.